The van der Waals surface area contributed by atoms with E-state index in [-0.39, 0.29) is 23.5 Å². The lowest BCUT2D eigenvalue weighted by Crippen LogP contribution is -2.39. The third-order valence-electron chi connectivity index (χ3n) is 4.49. The molecule has 1 heterocycles. The van der Waals surface area contributed by atoms with Gasteiger partial charge in [-0.1, -0.05) is 12.1 Å². The number of hydrogen-bond donors (Lipinski definition) is 0. The molecular formula is C17H26N2O3S. The van der Waals surface area contributed by atoms with Crippen molar-refractivity contribution in [3.8, 4) is 0 Å². The summed E-state index contributed by atoms with van der Waals surface area (Å²) in [5.41, 5.74) is 2.31. The highest BCUT2D eigenvalue weighted by molar-refractivity contribution is 7.91. The van der Waals surface area contributed by atoms with Crippen LogP contribution in [0.3, 0.4) is 0 Å². The molecular weight excluding hydrogens is 312 g/mol. The average Bonchev–Trinajstić information content (AvgIpc) is 2.87. The van der Waals surface area contributed by atoms with Crippen molar-refractivity contribution in [1.29, 1.82) is 0 Å². The van der Waals surface area contributed by atoms with Gasteiger partial charge in [-0.3, -0.25) is 4.79 Å². The summed E-state index contributed by atoms with van der Waals surface area (Å²) in [6, 6.07) is 8.07. The molecule has 1 atom stereocenters. The quantitative estimate of drug-likeness (QED) is 0.794. The molecule has 1 aromatic carbocycles. The Labute approximate surface area is 139 Å². The Bertz CT molecular complexity index is 658. The Morgan fingerprint density at radius 2 is 2.09 bits per heavy atom. The van der Waals surface area contributed by atoms with Gasteiger partial charge in [-0.05, 0) is 38.0 Å². The molecule has 0 bridgehead atoms. The molecule has 1 unspecified atom stereocenters. The minimum absolute atomic E-state index is 0.0122. The minimum atomic E-state index is -2.96. The predicted octanol–water partition coefficient (Wildman–Crippen LogP) is 1.86. The van der Waals surface area contributed by atoms with Crippen LogP contribution in [-0.2, 0) is 14.6 Å². The van der Waals surface area contributed by atoms with Crippen molar-refractivity contribution >= 4 is 21.4 Å². The van der Waals surface area contributed by atoms with Crippen molar-refractivity contribution in [2.45, 2.75) is 32.7 Å². The molecule has 0 spiro atoms. The summed E-state index contributed by atoms with van der Waals surface area (Å²) in [6.07, 6.45) is 0.953. The highest BCUT2D eigenvalue weighted by atomic mass is 32.2. The lowest BCUT2D eigenvalue weighted by atomic mass is 10.2. The summed E-state index contributed by atoms with van der Waals surface area (Å²) in [5, 5.41) is 0. The standard InChI is InChI=1S/C17H26N2O3S/c1-4-19(15-7-5-6-14(2)12-15)10-8-17(20)18(3)16-9-11-23(21,22)13-16/h5-7,12,16H,4,8-11,13H2,1-3H3. The fraction of sp³-hybridized carbons (Fsp3) is 0.588. The van der Waals surface area contributed by atoms with Crippen molar-refractivity contribution in [3.63, 3.8) is 0 Å². The number of aryl methyl sites for hydroxylation is 1. The van der Waals surface area contributed by atoms with E-state index in [9.17, 15) is 13.2 Å². The molecule has 0 aromatic heterocycles. The van der Waals surface area contributed by atoms with Gasteiger partial charge >= 0.3 is 0 Å². The van der Waals surface area contributed by atoms with E-state index < -0.39 is 9.84 Å². The zero-order valence-corrected chi connectivity index (χ0v) is 15.0. The predicted molar refractivity (Wildman–Crippen MR) is 93.5 cm³/mol. The number of hydrogen-bond acceptors (Lipinski definition) is 4. The Kier molecular flexibility index (Phi) is 5.68. The van der Waals surface area contributed by atoms with Crippen molar-refractivity contribution in [2.75, 3.05) is 36.5 Å². The van der Waals surface area contributed by atoms with Gasteiger partial charge in [-0.15, -0.1) is 0 Å². The number of sulfone groups is 1. The van der Waals surface area contributed by atoms with Crippen molar-refractivity contribution in [3.05, 3.63) is 29.8 Å². The molecule has 0 radical (unpaired) electrons. The maximum Gasteiger partial charge on any atom is 0.224 e. The van der Waals surface area contributed by atoms with E-state index in [2.05, 4.69) is 30.9 Å². The molecule has 0 N–H and O–H groups in total. The molecule has 1 amide bonds. The first-order valence-electron chi connectivity index (χ1n) is 8.10. The van der Waals surface area contributed by atoms with E-state index in [0.717, 1.165) is 12.2 Å². The van der Waals surface area contributed by atoms with Crippen LogP contribution in [0.4, 0.5) is 5.69 Å². The first kappa shape index (κ1) is 17.8. The third-order valence-corrected chi connectivity index (χ3v) is 6.24. The monoisotopic (exact) mass is 338 g/mol. The van der Waals surface area contributed by atoms with Crippen LogP contribution in [0.2, 0.25) is 0 Å². The van der Waals surface area contributed by atoms with Crippen LogP contribution in [0.1, 0.15) is 25.3 Å². The van der Waals surface area contributed by atoms with E-state index in [1.54, 1.807) is 11.9 Å². The first-order valence-corrected chi connectivity index (χ1v) is 9.92. The second-order valence-corrected chi connectivity index (χ2v) is 8.46. The third kappa shape index (κ3) is 4.70. The normalized spacial score (nSPS) is 19.5. The molecule has 23 heavy (non-hydrogen) atoms. The molecule has 0 saturated carbocycles. The maximum absolute atomic E-state index is 12.4. The number of rotatable bonds is 6. The van der Waals surface area contributed by atoms with E-state index in [0.29, 0.717) is 19.4 Å². The van der Waals surface area contributed by atoms with E-state index in [1.165, 1.54) is 5.56 Å². The van der Waals surface area contributed by atoms with Gasteiger partial charge in [0.05, 0.1) is 11.5 Å². The Morgan fingerprint density at radius 1 is 1.35 bits per heavy atom. The molecule has 5 nitrogen and oxygen atoms in total. The van der Waals surface area contributed by atoms with Gasteiger partial charge in [0.1, 0.15) is 0 Å². The molecule has 6 heteroatoms. The van der Waals surface area contributed by atoms with E-state index in [1.807, 2.05) is 12.1 Å². The molecule has 1 saturated heterocycles. The average molecular weight is 338 g/mol. The first-order chi connectivity index (χ1) is 10.8. The van der Waals surface area contributed by atoms with Gasteiger partial charge in [0.15, 0.2) is 9.84 Å². The maximum atomic E-state index is 12.4. The lowest BCUT2D eigenvalue weighted by Gasteiger charge is -2.27. The van der Waals surface area contributed by atoms with Gasteiger partial charge in [-0.2, -0.15) is 0 Å². The zero-order chi connectivity index (χ0) is 17.0. The summed E-state index contributed by atoms with van der Waals surface area (Å²) in [5.74, 6) is 0.308. The lowest BCUT2D eigenvalue weighted by molar-refractivity contribution is -0.131. The fourth-order valence-corrected chi connectivity index (χ4v) is 4.76. The number of amides is 1. The number of benzene rings is 1. The van der Waals surface area contributed by atoms with Crippen LogP contribution >= 0.6 is 0 Å². The molecule has 1 aromatic rings. The number of carbonyl (C=O) groups excluding carboxylic acids is 1. The van der Waals surface area contributed by atoms with Gasteiger partial charge in [0.2, 0.25) is 5.91 Å². The Hall–Kier alpha value is -1.56. The summed E-state index contributed by atoms with van der Waals surface area (Å²) in [7, 11) is -1.24. The van der Waals surface area contributed by atoms with Gasteiger partial charge < -0.3 is 9.80 Å². The SMILES string of the molecule is CCN(CCC(=O)N(C)C1CCS(=O)(=O)C1)c1cccc(C)c1. The number of nitrogens with zero attached hydrogens (tertiary/aromatic N) is 2. The van der Waals surface area contributed by atoms with Gasteiger partial charge in [0.25, 0.3) is 0 Å². The molecule has 0 aliphatic carbocycles. The minimum Gasteiger partial charge on any atom is -0.371 e. The molecule has 2 rings (SSSR count). The highest BCUT2D eigenvalue weighted by Gasteiger charge is 2.32. The van der Waals surface area contributed by atoms with Crippen LogP contribution in [0.25, 0.3) is 0 Å². The Morgan fingerprint density at radius 3 is 2.65 bits per heavy atom. The second kappa shape index (κ2) is 7.34. The van der Waals surface area contributed by atoms with Gasteiger partial charge in [0, 0.05) is 38.3 Å². The van der Waals surface area contributed by atoms with E-state index in [4.69, 9.17) is 0 Å². The van der Waals surface area contributed by atoms with Crippen molar-refractivity contribution in [2.24, 2.45) is 0 Å². The van der Waals surface area contributed by atoms with Crippen LogP contribution in [-0.4, -0.2) is 56.9 Å². The highest BCUT2D eigenvalue weighted by Crippen LogP contribution is 2.19. The summed E-state index contributed by atoms with van der Waals surface area (Å²) in [4.78, 5) is 16.2. The Balaban J connectivity index is 1.92. The molecule has 1 aliphatic heterocycles. The molecule has 1 aliphatic rings. The smallest absolute Gasteiger partial charge is 0.224 e. The second-order valence-electron chi connectivity index (χ2n) is 6.23. The summed E-state index contributed by atoms with van der Waals surface area (Å²) >= 11 is 0. The summed E-state index contributed by atoms with van der Waals surface area (Å²) < 4.78 is 23.1. The fourth-order valence-electron chi connectivity index (χ4n) is 2.99. The van der Waals surface area contributed by atoms with Gasteiger partial charge in [-0.25, -0.2) is 8.42 Å². The van der Waals surface area contributed by atoms with Crippen LogP contribution < -0.4 is 4.90 Å². The van der Waals surface area contributed by atoms with Crippen LogP contribution in [0.15, 0.2) is 24.3 Å². The molecule has 1 fully saturated rings. The summed E-state index contributed by atoms with van der Waals surface area (Å²) in [6.45, 7) is 5.59. The van der Waals surface area contributed by atoms with Crippen molar-refractivity contribution < 1.29 is 13.2 Å². The number of carbonyl (C=O) groups is 1. The molecule has 128 valence electrons. The number of anilines is 1. The topological polar surface area (TPSA) is 57.7 Å². The van der Waals surface area contributed by atoms with Crippen LogP contribution in [0.5, 0.6) is 0 Å². The zero-order valence-electron chi connectivity index (χ0n) is 14.2. The largest absolute Gasteiger partial charge is 0.371 e. The van der Waals surface area contributed by atoms with Crippen molar-refractivity contribution in [1.82, 2.24) is 4.90 Å². The van der Waals surface area contributed by atoms with Crippen LogP contribution in [0, 0.1) is 6.92 Å². The van der Waals surface area contributed by atoms with E-state index >= 15 is 0 Å².